The molecule has 0 spiro atoms. The summed E-state index contributed by atoms with van der Waals surface area (Å²) in [5, 5.41) is 5.65. The van der Waals surface area contributed by atoms with Crippen LogP contribution in [-0.4, -0.2) is 5.92 Å². The number of allylic oxidation sites excluding steroid dienone is 2. The van der Waals surface area contributed by atoms with Crippen molar-refractivity contribution in [2.24, 2.45) is 0 Å². The summed E-state index contributed by atoms with van der Waals surface area (Å²) in [5.74, 6) is -0.817. The Balaban J connectivity index is 0.00000152. The summed E-state index contributed by atoms with van der Waals surface area (Å²) in [4.78, 5) is 0. The molecule has 2 unspecified atom stereocenters. The predicted octanol–water partition coefficient (Wildman–Crippen LogP) is 3.00. The molecule has 0 saturated carbocycles. The first-order valence-corrected chi connectivity index (χ1v) is 22.2. The van der Waals surface area contributed by atoms with Gasteiger partial charge in [-0.1, -0.05) is 0 Å². The van der Waals surface area contributed by atoms with Gasteiger partial charge in [-0.25, -0.2) is 0 Å². The van der Waals surface area contributed by atoms with Crippen molar-refractivity contribution in [2.75, 3.05) is 0 Å². The van der Waals surface area contributed by atoms with Crippen LogP contribution in [0.2, 0.25) is 12.1 Å². The fourth-order valence-electron chi connectivity index (χ4n) is 6.85. The molecule has 0 aromatic heterocycles. The van der Waals surface area contributed by atoms with Gasteiger partial charge in [0, 0.05) is 0 Å². The minimum absolute atomic E-state index is 0. The van der Waals surface area contributed by atoms with Crippen LogP contribution >= 0.6 is 0 Å². The van der Waals surface area contributed by atoms with Crippen molar-refractivity contribution < 1.29 is 45.7 Å². The first-order chi connectivity index (χ1) is 16.6. The van der Waals surface area contributed by atoms with Gasteiger partial charge < -0.3 is 24.8 Å². The molecule has 0 N–H and O–H groups in total. The molecule has 4 aromatic rings. The van der Waals surface area contributed by atoms with Gasteiger partial charge in [0.1, 0.15) is 0 Å². The number of fused-ring (bicyclic) bond motifs is 6. The van der Waals surface area contributed by atoms with Crippen LogP contribution in [0.15, 0.2) is 83.9 Å². The Kier molecular flexibility index (Phi) is 8.52. The SMILES string of the molecule is CC[SiH](CC)[Zr+2]([CH]1C(C)=Cc2c1ccc1ccccc21)[CH]1C(C)=Cc2c1ccc1ccccc21.[Cl-].[Cl-]. The van der Waals surface area contributed by atoms with E-state index in [1.54, 1.807) is 22.3 Å². The normalized spacial score (nSPS) is 17.8. The molecule has 183 valence electrons. The van der Waals surface area contributed by atoms with Crippen molar-refractivity contribution >= 4 is 39.6 Å². The second kappa shape index (κ2) is 11.1. The zero-order chi connectivity index (χ0) is 23.4. The van der Waals surface area contributed by atoms with Crippen LogP contribution in [0.5, 0.6) is 0 Å². The zero-order valence-electron chi connectivity index (χ0n) is 21.5. The van der Waals surface area contributed by atoms with Crippen LogP contribution in [0.1, 0.15) is 57.2 Å². The quantitative estimate of drug-likeness (QED) is 0.306. The smallest absolute Gasteiger partial charge is 1.00 e. The Hall–Kier alpha value is -1.44. The third-order valence-electron chi connectivity index (χ3n) is 8.41. The molecular weight excluding hydrogens is 575 g/mol. The summed E-state index contributed by atoms with van der Waals surface area (Å²) in [6, 6.07) is 30.6. The standard InChI is InChI=1S/2C14H11.C4H11Si.2ClH.Zr/c2*1-10-8-12-7-6-11-4-2-3-5-13(11)14(12)9-10;1-3-5-4-2;;;/h2*2-9H,1H3;5H,3-4H2,1-2H3;2*1H;/q;;;;;+2/p-2. The average Bonchev–Trinajstić information content (AvgIpc) is 3.38. The van der Waals surface area contributed by atoms with Crippen LogP contribution in [0.4, 0.5) is 0 Å². The van der Waals surface area contributed by atoms with E-state index in [1.807, 2.05) is 0 Å². The molecule has 4 heteroatoms. The molecule has 0 heterocycles. The molecule has 0 fully saturated rings. The van der Waals surface area contributed by atoms with Gasteiger partial charge in [0.05, 0.1) is 0 Å². The van der Waals surface area contributed by atoms with Crippen LogP contribution in [0.25, 0.3) is 33.7 Å². The fraction of sp³-hybridized carbons (Fsp3) is 0.250. The Morgan fingerprint density at radius 1 is 0.611 bits per heavy atom. The van der Waals surface area contributed by atoms with Crippen molar-refractivity contribution in [1.29, 1.82) is 0 Å². The minimum atomic E-state index is -1.99. The number of hydrogen-bond acceptors (Lipinski definition) is 0. The van der Waals surface area contributed by atoms with Crippen LogP contribution in [0, 0.1) is 0 Å². The molecule has 6 rings (SSSR count). The molecule has 4 aromatic carbocycles. The van der Waals surface area contributed by atoms with E-state index in [1.165, 1.54) is 44.8 Å². The average molecular weight is 608 g/mol. The summed E-state index contributed by atoms with van der Waals surface area (Å²) in [6.07, 6.45) is 5.13. The Morgan fingerprint density at radius 3 is 1.44 bits per heavy atom. The van der Waals surface area contributed by atoms with Crippen molar-refractivity contribution in [3.63, 3.8) is 0 Å². The van der Waals surface area contributed by atoms with Crippen molar-refractivity contribution in [3.05, 3.63) is 106 Å². The minimum Gasteiger partial charge on any atom is -1.00 e. The maximum atomic E-state index is 2.56. The molecule has 0 aliphatic heterocycles. The van der Waals surface area contributed by atoms with E-state index in [-0.39, 0.29) is 24.8 Å². The van der Waals surface area contributed by atoms with Crippen LogP contribution in [-0.2, 0) is 20.9 Å². The zero-order valence-corrected chi connectivity index (χ0v) is 26.6. The molecule has 2 aliphatic carbocycles. The van der Waals surface area contributed by atoms with Gasteiger partial charge in [-0.3, -0.25) is 0 Å². The summed E-state index contributed by atoms with van der Waals surface area (Å²) in [7, 11) is 0. The van der Waals surface area contributed by atoms with Crippen LogP contribution < -0.4 is 24.8 Å². The fourth-order valence-corrected chi connectivity index (χ4v) is 35.3. The second-order valence-electron chi connectivity index (χ2n) is 10.2. The Morgan fingerprint density at radius 2 is 1.03 bits per heavy atom. The third kappa shape index (κ3) is 4.33. The van der Waals surface area contributed by atoms with Gasteiger partial charge in [0.2, 0.25) is 0 Å². The van der Waals surface area contributed by atoms with E-state index in [9.17, 15) is 0 Å². The van der Waals surface area contributed by atoms with Crippen molar-refractivity contribution in [2.45, 2.75) is 47.0 Å². The Bertz CT molecular complexity index is 1380. The summed E-state index contributed by atoms with van der Waals surface area (Å²) >= 11 is -1.99. The van der Waals surface area contributed by atoms with E-state index in [0.717, 1.165) is 7.25 Å². The van der Waals surface area contributed by atoms with E-state index in [0.29, 0.717) is 0 Å². The first-order valence-electron chi connectivity index (χ1n) is 12.9. The van der Waals surface area contributed by atoms with Gasteiger partial charge in [0.25, 0.3) is 0 Å². The van der Waals surface area contributed by atoms with Gasteiger partial charge in [0.15, 0.2) is 0 Å². The Labute approximate surface area is 237 Å². The third-order valence-corrected chi connectivity index (χ3v) is 35.3. The summed E-state index contributed by atoms with van der Waals surface area (Å²) < 4.78 is 1.45. The molecule has 0 saturated heterocycles. The number of hydrogen-bond donors (Lipinski definition) is 0. The van der Waals surface area contributed by atoms with Crippen molar-refractivity contribution in [1.82, 2.24) is 0 Å². The number of halogens is 2. The van der Waals surface area contributed by atoms with E-state index < -0.39 is 26.8 Å². The van der Waals surface area contributed by atoms with E-state index in [4.69, 9.17) is 0 Å². The topological polar surface area (TPSA) is 0 Å². The maximum Gasteiger partial charge on any atom is -1.00 e. The van der Waals surface area contributed by atoms with E-state index >= 15 is 0 Å². The van der Waals surface area contributed by atoms with E-state index in [2.05, 4.69) is 113 Å². The van der Waals surface area contributed by atoms with Gasteiger partial charge in [-0.05, 0) is 0 Å². The molecular formula is C32H33Cl2SiZr. The van der Waals surface area contributed by atoms with Crippen molar-refractivity contribution in [3.8, 4) is 0 Å². The summed E-state index contributed by atoms with van der Waals surface area (Å²) in [5.41, 5.74) is 9.68. The largest absolute Gasteiger partial charge is 1.00 e. The van der Waals surface area contributed by atoms with Gasteiger partial charge in [-0.15, -0.1) is 0 Å². The molecule has 2 aliphatic rings. The maximum absolute atomic E-state index is 2.56. The summed E-state index contributed by atoms with van der Waals surface area (Å²) in [6.45, 7) is 9.91. The molecule has 0 nitrogen and oxygen atoms in total. The van der Waals surface area contributed by atoms with Gasteiger partial charge >= 0.3 is 214 Å². The first kappa shape index (κ1) is 27.6. The molecule has 2 atom stereocenters. The number of benzene rings is 4. The molecule has 0 bridgehead atoms. The predicted molar refractivity (Wildman–Crippen MR) is 149 cm³/mol. The van der Waals surface area contributed by atoms with Gasteiger partial charge in [-0.2, -0.15) is 0 Å². The molecule has 0 amide bonds. The monoisotopic (exact) mass is 605 g/mol. The van der Waals surface area contributed by atoms with Crippen LogP contribution in [0.3, 0.4) is 0 Å². The second-order valence-corrected chi connectivity index (χ2v) is 28.5. The molecule has 36 heavy (non-hydrogen) atoms. The molecule has 0 radical (unpaired) electrons. The number of rotatable bonds is 5.